The highest BCUT2D eigenvalue weighted by molar-refractivity contribution is 5.93. The lowest BCUT2D eigenvalue weighted by molar-refractivity contribution is -0.120. The fourth-order valence-electron chi connectivity index (χ4n) is 3.44. The molecule has 1 amide bonds. The molecule has 94 valence electrons. The SMILES string of the molecule is O=C(Nc1ccc2c(c1)CCO2)C1CC2CC2C1. The van der Waals surface area contributed by atoms with Gasteiger partial charge in [0.1, 0.15) is 5.75 Å². The third-order valence-electron chi connectivity index (χ3n) is 4.57. The van der Waals surface area contributed by atoms with Crippen LogP contribution in [0.4, 0.5) is 5.69 Å². The molecule has 2 unspecified atom stereocenters. The van der Waals surface area contributed by atoms with E-state index in [-0.39, 0.29) is 11.8 Å². The summed E-state index contributed by atoms with van der Waals surface area (Å²) in [6, 6.07) is 5.96. The van der Waals surface area contributed by atoms with Crippen molar-refractivity contribution in [3.8, 4) is 5.75 Å². The Kier molecular flexibility index (Phi) is 2.16. The summed E-state index contributed by atoms with van der Waals surface area (Å²) in [6.45, 7) is 0.763. The van der Waals surface area contributed by atoms with Crippen LogP contribution in [0, 0.1) is 17.8 Å². The van der Waals surface area contributed by atoms with Crippen LogP contribution < -0.4 is 10.1 Å². The first kappa shape index (κ1) is 10.4. The van der Waals surface area contributed by atoms with Gasteiger partial charge in [0.25, 0.3) is 0 Å². The second kappa shape index (κ2) is 3.74. The molecule has 2 aliphatic carbocycles. The van der Waals surface area contributed by atoms with E-state index < -0.39 is 0 Å². The molecule has 2 fully saturated rings. The minimum absolute atomic E-state index is 0.209. The normalized spacial score (nSPS) is 31.4. The summed E-state index contributed by atoms with van der Waals surface area (Å²) in [6.07, 6.45) is 4.52. The van der Waals surface area contributed by atoms with E-state index in [0.29, 0.717) is 0 Å². The molecule has 1 aliphatic heterocycles. The number of amides is 1. The Morgan fingerprint density at radius 2 is 2.06 bits per heavy atom. The number of hydrogen-bond donors (Lipinski definition) is 1. The van der Waals surface area contributed by atoms with Gasteiger partial charge in [-0.2, -0.15) is 0 Å². The van der Waals surface area contributed by atoms with Crippen LogP contribution in [0.25, 0.3) is 0 Å². The van der Waals surface area contributed by atoms with Crippen molar-refractivity contribution in [2.24, 2.45) is 17.8 Å². The molecular formula is C15H17NO2. The van der Waals surface area contributed by atoms with Gasteiger partial charge in [0, 0.05) is 18.0 Å². The topological polar surface area (TPSA) is 38.3 Å². The molecule has 1 aromatic carbocycles. The van der Waals surface area contributed by atoms with E-state index in [9.17, 15) is 4.79 Å². The third-order valence-corrected chi connectivity index (χ3v) is 4.57. The average molecular weight is 243 g/mol. The van der Waals surface area contributed by atoms with Crippen molar-refractivity contribution in [1.29, 1.82) is 0 Å². The van der Waals surface area contributed by atoms with E-state index in [0.717, 1.165) is 49.1 Å². The van der Waals surface area contributed by atoms with E-state index in [2.05, 4.69) is 11.4 Å². The van der Waals surface area contributed by atoms with Gasteiger partial charge in [-0.1, -0.05) is 0 Å². The molecule has 2 saturated carbocycles. The van der Waals surface area contributed by atoms with Crippen molar-refractivity contribution in [1.82, 2.24) is 0 Å². The number of fused-ring (bicyclic) bond motifs is 2. The van der Waals surface area contributed by atoms with Crippen LogP contribution in [-0.2, 0) is 11.2 Å². The van der Waals surface area contributed by atoms with Crippen molar-refractivity contribution in [2.45, 2.75) is 25.7 Å². The number of carbonyl (C=O) groups excluding carboxylic acids is 1. The fraction of sp³-hybridized carbons (Fsp3) is 0.533. The van der Waals surface area contributed by atoms with Crippen LogP contribution in [0.5, 0.6) is 5.75 Å². The molecular weight excluding hydrogens is 226 g/mol. The van der Waals surface area contributed by atoms with Gasteiger partial charge in [-0.3, -0.25) is 4.79 Å². The Morgan fingerprint density at radius 3 is 2.89 bits per heavy atom. The molecule has 3 nitrogen and oxygen atoms in total. The zero-order chi connectivity index (χ0) is 12.1. The Hall–Kier alpha value is -1.51. The maximum absolute atomic E-state index is 12.1. The third kappa shape index (κ3) is 1.69. The molecule has 1 N–H and O–H groups in total. The molecule has 1 aromatic rings. The monoisotopic (exact) mass is 243 g/mol. The van der Waals surface area contributed by atoms with E-state index in [4.69, 9.17) is 4.74 Å². The minimum atomic E-state index is 0.209. The number of anilines is 1. The number of nitrogens with one attached hydrogen (secondary N) is 1. The first-order valence-electron chi connectivity index (χ1n) is 6.86. The molecule has 0 spiro atoms. The summed E-state index contributed by atoms with van der Waals surface area (Å²) in [5.41, 5.74) is 2.13. The summed E-state index contributed by atoms with van der Waals surface area (Å²) in [7, 11) is 0. The molecule has 0 bridgehead atoms. The predicted octanol–water partition coefficient (Wildman–Crippen LogP) is 2.61. The molecule has 2 atom stereocenters. The van der Waals surface area contributed by atoms with Crippen LogP contribution in [-0.4, -0.2) is 12.5 Å². The first-order valence-corrected chi connectivity index (χ1v) is 6.86. The molecule has 0 aromatic heterocycles. The Labute approximate surface area is 107 Å². The van der Waals surface area contributed by atoms with Crippen LogP contribution in [0.1, 0.15) is 24.8 Å². The quantitative estimate of drug-likeness (QED) is 0.867. The van der Waals surface area contributed by atoms with Gasteiger partial charge in [0.2, 0.25) is 5.91 Å². The largest absolute Gasteiger partial charge is 0.493 e. The van der Waals surface area contributed by atoms with Gasteiger partial charge >= 0.3 is 0 Å². The minimum Gasteiger partial charge on any atom is -0.493 e. The molecule has 1 heterocycles. The van der Waals surface area contributed by atoms with Gasteiger partial charge in [0.15, 0.2) is 0 Å². The highest BCUT2D eigenvalue weighted by atomic mass is 16.5. The second-order valence-electron chi connectivity index (χ2n) is 5.83. The lowest BCUT2D eigenvalue weighted by atomic mass is 10.0. The average Bonchev–Trinajstić information content (AvgIpc) is 2.79. The zero-order valence-corrected chi connectivity index (χ0v) is 10.3. The smallest absolute Gasteiger partial charge is 0.227 e. The summed E-state index contributed by atoms with van der Waals surface area (Å²) in [5, 5.41) is 3.06. The number of carbonyl (C=O) groups is 1. The molecule has 0 radical (unpaired) electrons. The van der Waals surface area contributed by atoms with E-state index in [1.165, 1.54) is 12.0 Å². The molecule has 18 heavy (non-hydrogen) atoms. The van der Waals surface area contributed by atoms with Crippen LogP contribution in [0.2, 0.25) is 0 Å². The maximum Gasteiger partial charge on any atom is 0.227 e. The number of hydrogen-bond acceptors (Lipinski definition) is 2. The van der Waals surface area contributed by atoms with E-state index in [1.54, 1.807) is 0 Å². The van der Waals surface area contributed by atoms with E-state index in [1.807, 2.05) is 12.1 Å². The molecule has 3 aliphatic rings. The Bertz CT molecular complexity index is 501. The Morgan fingerprint density at radius 1 is 1.22 bits per heavy atom. The van der Waals surface area contributed by atoms with Gasteiger partial charge in [0.05, 0.1) is 6.61 Å². The molecule has 4 rings (SSSR count). The van der Waals surface area contributed by atoms with Crippen molar-refractivity contribution in [3.05, 3.63) is 23.8 Å². The number of ether oxygens (including phenoxy) is 1. The lowest BCUT2D eigenvalue weighted by Crippen LogP contribution is -2.21. The number of rotatable bonds is 2. The number of benzene rings is 1. The maximum atomic E-state index is 12.1. The van der Waals surface area contributed by atoms with Crippen molar-refractivity contribution < 1.29 is 9.53 Å². The standard InChI is InChI=1S/C15H17NO2/c17-15(12-6-10-5-11(10)7-12)16-13-1-2-14-9(8-13)3-4-18-14/h1-2,8,10-12H,3-7H2,(H,16,17). The first-order chi connectivity index (χ1) is 8.79. The summed E-state index contributed by atoms with van der Waals surface area (Å²) in [5.74, 6) is 3.14. The summed E-state index contributed by atoms with van der Waals surface area (Å²) >= 11 is 0. The highest BCUT2D eigenvalue weighted by Crippen LogP contribution is 2.54. The second-order valence-corrected chi connectivity index (χ2v) is 5.83. The van der Waals surface area contributed by atoms with Crippen molar-refractivity contribution in [3.63, 3.8) is 0 Å². The molecule has 0 saturated heterocycles. The lowest BCUT2D eigenvalue weighted by Gasteiger charge is -2.12. The molecule has 3 heteroatoms. The van der Waals surface area contributed by atoms with Crippen molar-refractivity contribution in [2.75, 3.05) is 11.9 Å². The van der Waals surface area contributed by atoms with E-state index >= 15 is 0 Å². The van der Waals surface area contributed by atoms with Gasteiger partial charge < -0.3 is 10.1 Å². The van der Waals surface area contributed by atoms with Crippen LogP contribution in [0.3, 0.4) is 0 Å². The summed E-state index contributed by atoms with van der Waals surface area (Å²) in [4.78, 5) is 12.1. The Balaban J connectivity index is 1.46. The van der Waals surface area contributed by atoms with Gasteiger partial charge in [-0.15, -0.1) is 0 Å². The van der Waals surface area contributed by atoms with Gasteiger partial charge in [-0.05, 0) is 54.9 Å². The predicted molar refractivity (Wildman–Crippen MR) is 68.6 cm³/mol. The fourth-order valence-corrected chi connectivity index (χ4v) is 3.44. The van der Waals surface area contributed by atoms with Crippen LogP contribution >= 0.6 is 0 Å². The summed E-state index contributed by atoms with van der Waals surface area (Å²) < 4.78 is 5.47. The highest BCUT2D eigenvalue weighted by Gasteiger charge is 2.47. The van der Waals surface area contributed by atoms with Gasteiger partial charge in [-0.25, -0.2) is 0 Å². The van der Waals surface area contributed by atoms with Crippen LogP contribution in [0.15, 0.2) is 18.2 Å². The zero-order valence-electron chi connectivity index (χ0n) is 10.3. The van der Waals surface area contributed by atoms with Crippen molar-refractivity contribution >= 4 is 11.6 Å².